The van der Waals surface area contributed by atoms with Crippen molar-refractivity contribution in [2.24, 2.45) is 0 Å². The first-order valence-corrected chi connectivity index (χ1v) is 7.40. The van der Waals surface area contributed by atoms with Gasteiger partial charge in [-0.05, 0) is 18.9 Å². The molecule has 2 rings (SSSR count). The number of nitrogens with one attached hydrogen (secondary N) is 1. The van der Waals surface area contributed by atoms with Gasteiger partial charge in [0.15, 0.2) is 0 Å². The molecule has 1 aliphatic rings. The van der Waals surface area contributed by atoms with Gasteiger partial charge in [0.25, 0.3) is 0 Å². The molecule has 1 aliphatic heterocycles. The van der Waals surface area contributed by atoms with E-state index in [1.807, 2.05) is 17.3 Å². The lowest BCUT2D eigenvalue weighted by molar-refractivity contribution is -0.128. The fourth-order valence-corrected chi connectivity index (χ4v) is 2.46. The van der Waals surface area contributed by atoms with Crippen LogP contribution in [0.3, 0.4) is 0 Å². The lowest BCUT2D eigenvalue weighted by Crippen LogP contribution is -2.33. The maximum atomic E-state index is 11.5. The van der Waals surface area contributed by atoms with Crippen LogP contribution in [0.1, 0.15) is 26.7 Å². The van der Waals surface area contributed by atoms with Crippen LogP contribution in [0.5, 0.6) is 0 Å². The van der Waals surface area contributed by atoms with Crippen molar-refractivity contribution in [2.45, 2.75) is 26.7 Å². The first kappa shape index (κ1) is 14.6. The largest absolute Gasteiger partial charge is 0.384 e. The highest BCUT2D eigenvalue weighted by Crippen LogP contribution is 2.19. The molecule has 0 spiro atoms. The van der Waals surface area contributed by atoms with Gasteiger partial charge in [0.1, 0.15) is 0 Å². The summed E-state index contributed by atoms with van der Waals surface area (Å²) >= 11 is 0. The Bertz CT molecular complexity index is 449. The second-order valence-corrected chi connectivity index (χ2v) is 5.21. The molecule has 20 heavy (non-hydrogen) atoms. The molecule has 0 bridgehead atoms. The van der Waals surface area contributed by atoms with Gasteiger partial charge in [0.05, 0.1) is 23.8 Å². The summed E-state index contributed by atoms with van der Waals surface area (Å²) < 4.78 is 0. The number of hydrogen-bond donors (Lipinski definition) is 1. The molecule has 1 saturated heterocycles. The minimum atomic E-state index is 0.170. The fraction of sp³-hybridized carbons (Fsp3) is 0.600. The summed E-state index contributed by atoms with van der Waals surface area (Å²) in [4.78, 5) is 20.0. The van der Waals surface area contributed by atoms with Gasteiger partial charge < -0.3 is 15.1 Å². The van der Waals surface area contributed by atoms with Crippen molar-refractivity contribution in [3.63, 3.8) is 0 Å². The second kappa shape index (κ2) is 7.12. The number of amides is 1. The van der Waals surface area contributed by atoms with Crippen LogP contribution in [0, 0.1) is 0 Å². The number of pyridine rings is 1. The minimum Gasteiger partial charge on any atom is -0.384 e. The number of aromatic nitrogens is 1. The highest BCUT2D eigenvalue weighted by atomic mass is 16.2. The third-order valence-corrected chi connectivity index (χ3v) is 3.61. The Morgan fingerprint density at radius 3 is 2.90 bits per heavy atom. The van der Waals surface area contributed by atoms with E-state index in [-0.39, 0.29) is 5.91 Å². The molecule has 0 aliphatic carbocycles. The summed E-state index contributed by atoms with van der Waals surface area (Å²) in [6.45, 7) is 8.25. The summed E-state index contributed by atoms with van der Waals surface area (Å²) in [5.41, 5.74) is 2.20. The molecular weight excluding hydrogens is 252 g/mol. The smallest absolute Gasteiger partial charge is 0.219 e. The Morgan fingerprint density at radius 2 is 2.15 bits per heavy atom. The number of carbonyl (C=O) groups excluding carboxylic acids is 1. The summed E-state index contributed by atoms with van der Waals surface area (Å²) in [7, 11) is 0. The van der Waals surface area contributed by atoms with Crippen molar-refractivity contribution in [3.05, 3.63) is 18.5 Å². The molecule has 1 aromatic heterocycles. The summed E-state index contributed by atoms with van der Waals surface area (Å²) in [6, 6.07) is 2.14. The Kier molecular flexibility index (Phi) is 5.21. The standard InChI is InChI=1S/C15H24N4O/c1-3-5-17-14-10-15(12-16-11-14)19-7-4-6-18(8-9-19)13(2)20/h10-12,17H,3-9H2,1-2H3. The molecule has 1 N–H and O–H groups in total. The Balaban J connectivity index is 2.02. The van der Waals surface area contributed by atoms with Crippen LogP contribution in [0.25, 0.3) is 0 Å². The minimum absolute atomic E-state index is 0.170. The molecule has 110 valence electrons. The quantitative estimate of drug-likeness (QED) is 0.913. The first-order valence-electron chi connectivity index (χ1n) is 7.40. The van der Waals surface area contributed by atoms with Crippen LogP contribution in [0.4, 0.5) is 11.4 Å². The van der Waals surface area contributed by atoms with Crippen LogP contribution < -0.4 is 10.2 Å². The number of nitrogens with zero attached hydrogens (tertiary/aromatic N) is 3. The van der Waals surface area contributed by atoms with Crippen LogP contribution >= 0.6 is 0 Å². The van der Waals surface area contributed by atoms with E-state index < -0.39 is 0 Å². The zero-order valence-corrected chi connectivity index (χ0v) is 12.4. The van der Waals surface area contributed by atoms with Crippen molar-refractivity contribution in [1.82, 2.24) is 9.88 Å². The van der Waals surface area contributed by atoms with E-state index in [4.69, 9.17) is 0 Å². The van der Waals surface area contributed by atoms with Crippen molar-refractivity contribution in [3.8, 4) is 0 Å². The van der Waals surface area contributed by atoms with E-state index in [1.165, 1.54) is 0 Å². The molecular formula is C15H24N4O. The van der Waals surface area contributed by atoms with Gasteiger partial charge in [-0.15, -0.1) is 0 Å². The number of carbonyl (C=O) groups is 1. The van der Waals surface area contributed by atoms with Crippen LogP contribution in [0.2, 0.25) is 0 Å². The summed E-state index contributed by atoms with van der Waals surface area (Å²) in [6.07, 6.45) is 5.87. The van der Waals surface area contributed by atoms with Crippen molar-refractivity contribution >= 4 is 17.3 Å². The zero-order chi connectivity index (χ0) is 14.4. The molecule has 0 saturated carbocycles. The fourth-order valence-electron chi connectivity index (χ4n) is 2.46. The molecule has 1 fully saturated rings. The number of rotatable bonds is 4. The third kappa shape index (κ3) is 3.85. The van der Waals surface area contributed by atoms with Gasteiger partial charge in [-0.25, -0.2) is 0 Å². The average molecular weight is 276 g/mol. The monoisotopic (exact) mass is 276 g/mol. The Morgan fingerprint density at radius 1 is 1.30 bits per heavy atom. The van der Waals surface area contributed by atoms with Gasteiger partial charge in [0.2, 0.25) is 5.91 Å². The van der Waals surface area contributed by atoms with Gasteiger partial charge in [-0.1, -0.05) is 6.92 Å². The maximum absolute atomic E-state index is 11.5. The topological polar surface area (TPSA) is 48.5 Å². The van der Waals surface area contributed by atoms with E-state index in [2.05, 4.69) is 28.2 Å². The predicted octanol–water partition coefficient (Wildman–Crippen LogP) is 1.96. The Labute approximate surface area is 121 Å². The first-order chi connectivity index (χ1) is 9.70. The van der Waals surface area contributed by atoms with Crippen molar-refractivity contribution < 1.29 is 4.79 Å². The molecule has 0 aromatic carbocycles. The Hall–Kier alpha value is -1.78. The second-order valence-electron chi connectivity index (χ2n) is 5.21. The maximum Gasteiger partial charge on any atom is 0.219 e. The molecule has 2 heterocycles. The van der Waals surface area contributed by atoms with Gasteiger partial charge in [-0.2, -0.15) is 0 Å². The molecule has 5 nitrogen and oxygen atoms in total. The van der Waals surface area contributed by atoms with Crippen LogP contribution in [0.15, 0.2) is 18.5 Å². The van der Waals surface area contributed by atoms with E-state index in [0.29, 0.717) is 0 Å². The van der Waals surface area contributed by atoms with Gasteiger partial charge in [0, 0.05) is 39.6 Å². The SMILES string of the molecule is CCCNc1cncc(N2CCCN(C(C)=O)CC2)c1. The van der Waals surface area contributed by atoms with Crippen LogP contribution in [-0.2, 0) is 4.79 Å². The van der Waals surface area contributed by atoms with E-state index >= 15 is 0 Å². The highest BCUT2D eigenvalue weighted by molar-refractivity contribution is 5.73. The predicted molar refractivity (Wildman–Crippen MR) is 82.1 cm³/mol. The molecule has 0 atom stereocenters. The van der Waals surface area contributed by atoms with E-state index in [0.717, 1.165) is 56.9 Å². The van der Waals surface area contributed by atoms with Crippen molar-refractivity contribution in [2.75, 3.05) is 42.9 Å². The summed E-state index contributed by atoms with van der Waals surface area (Å²) in [5, 5.41) is 3.36. The molecule has 1 amide bonds. The zero-order valence-electron chi connectivity index (χ0n) is 12.4. The third-order valence-electron chi connectivity index (χ3n) is 3.61. The number of hydrogen-bond acceptors (Lipinski definition) is 4. The van der Waals surface area contributed by atoms with Gasteiger partial charge in [-0.3, -0.25) is 9.78 Å². The van der Waals surface area contributed by atoms with Crippen molar-refractivity contribution in [1.29, 1.82) is 0 Å². The summed E-state index contributed by atoms with van der Waals surface area (Å²) in [5.74, 6) is 0.170. The number of anilines is 2. The lowest BCUT2D eigenvalue weighted by Gasteiger charge is -2.23. The van der Waals surface area contributed by atoms with Crippen LogP contribution in [-0.4, -0.2) is 48.5 Å². The highest BCUT2D eigenvalue weighted by Gasteiger charge is 2.17. The molecule has 5 heteroatoms. The molecule has 0 unspecified atom stereocenters. The average Bonchev–Trinajstić information content (AvgIpc) is 2.71. The van der Waals surface area contributed by atoms with E-state index in [9.17, 15) is 4.79 Å². The lowest BCUT2D eigenvalue weighted by atomic mass is 10.3. The molecule has 1 aromatic rings. The van der Waals surface area contributed by atoms with E-state index in [1.54, 1.807) is 6.92 Å². The molecule has 0 radical (unpaired) electrons. The normalized spacial score (nSPS) is 15.9. The van der Waals surface area contributed by atoms with Gasteiger partial charge >= 0.3 is 0 Å².